The Bertz CT molecular complexity index is 349. The summed E-state index contributed by atoms with van der Waals surface area (Å²) in [6.45, 7) is -0.312. The molecule has 1 saturated heterocycles. The molecule has 8 nitrogen and oxygen atoms in total. The second-order valence-corrected chi connectivity index (χ2v) is 3.97. The summed E-state index contributed by atoms with van der Waals surface area (Å²) in [5, 5.41) is 7.53. The Morgan fingerprint density at radius 2 is 2.06 bits per heavy atom. The van der Waals surface area contributed by atoms with Crippen LogP contribution in [0.5, 0.6) is 0 Å². The van der Waals surface area contributed by atoms with Gasteiger partial charge >= 0.3 is 0 Å². The summed E-state index contributed by atoms with van der Waals surface area (Å²) in [4.78, 5) is 44.8. The SMILES string of the molecule is NC(=O)CNC(=O)[C@@H]1CCC(=O)NCC(=O)CN1. The van der Waals surface area contributed by atoms with Crippen LogP contribution in [0.1, 0.15) is 12.8 Å². The van der Waals surface area contributed by atoms with Gasteiger partial charge in [0.1, 0.15) is 0 Å². The Balaban J connectivity index is 2.55. The Labute approximate surface area is 104 Å². The molecule has 0 saturated carbocycles. The number of ketones is 1. The maximum absolute atomic E-state index is 11.7. The van der Waals surface area contributed by atoms with E-state index in [2.05, 4.69) is 16.0 Å². The van der Waals surface area contributed by atoms with Crippen molar-refractivity contribution in [3.63, 3.8) is 0 Å². The third-order valence-electron chi connectivity index (χ3n) is 2.44. The average Bonchev–Trinajstić information content (AvgIpc) is 2.40. The number of carbonyl (C=O) groups excluding carboxylic acids is 4. The molecule has 18 heavy (non-hydrogen) atoms. The molecule has 0 aromatic heterocycles. The van der Waals surface area contributed by atoms with Crippen LogP contribution in [0.2, 0.25) is 0 Å². The zero-order valence-corrected chi connectivity index (χ0v) is 9.82. The molecular formula is C10H16N4O4. The van der Waals surface area contributed by atoms with Gasteiger partial charge < -0.3 is 16.4 Å². The molecule has 0 aromatic carbocycles. The van der Waals surface area contributed by atoms with E-state index in [1.165, 1.54) is 0 Å². The number of hydrogen-bond donors (Lipinski definition) is 4. The Kier molecular flexibility index (Phi) is 5.25. The van der Waals surface area contributed by atoms with Gasteiger partial charge in [0.2, 0.25) is 17.7 Å². The van der Waals surface area contributed by atoms with Crippen LogP contribution in [0, 0.1) is 0 Å². The molecule has 8 heteroatoms. The molecule has 3 amide bonds. The van der Waals surface area contributed by atoms with E-state index in [9.17, 15) is 19.2 Å². The monoisotopic (exact) mass is 256 g/mol. The molecule has 0 aliphatic carbocycles. The molecule has 0 unspecified atom stereocenters. The van der Waals surface area contributed by atoms with Gasteiger partial charge in [0, 0.05) is 6.42 Å². The van der Waals surface area contributed by atoms with Gasteiger partial charge in [-0.3, -0.25) is 24.5 Å². The van der Waals surface area contributed by atoms with Crippen molar-refractivity contribution >= 4 is 23.5 Å². The van der Waals surface area contributed by atoms with Crippen molar-refractivity contribution in [1.82, 2.24) is 16.0 Å². The molecule has 0 bridgehead atoms. The molecule has 0 spiro atoms. The number of Topliss-reactive ketones (excluding diaryl/α,β-unsaturated/α-hetero) is 1. The van der Waals surface area contributed by atoms with Crippen molar-refractivity contribution in [2.24, 2.45) is 5.73 Å². The average molecular weight is 256 g/mol. The molecule has 0 radical (unpaired) electrons. The van der Waals surface area contributed by atoms with Crippen molar-refractivity contribution in [2.45, 2.75) is 18.9 Å². The molecule has 1 fully saturated rings. The highest BCUT2D eigenvalue weighted by atomic mass is 16.2. The molecule has 1 atom stereocenters. The summed E-state index contributed by atoms with van der Waals surface area (Å²) in [7, 11) is 0. The van der Waals surface area contributed by atoms with Crippen LogP contribution in [-0.4, -0.2) is 49.2 Å². The predicted molar refractivity (Wildman–Crippen MR) is 61.2 cm³/mol. The van der Waals surface area contributed by atoms with Gasteiger partial charge in [-0.15, -0.1) is 0 Å². The standard InChI is InChI=1S/C10H16N4O4/c11-8(16)5-14-10(18)7-1-2-9(17)13-4-6(15)3-12-7/h7,12H,1-5H2,(H2,11,16)(H,13,17)(H,14,18)/t7-/m0/s1. The largest absolute Gasteiger partial charge is 0.368 e. The molecule has 1 aliphatic rings. The van der Waals surface area contributed by atoms with Crippen LogP contribution >= 0.6 is 0 Å². The van der Waals surface area contributed by atoms with E-state index >= 15 is 0 Å². The maximum Gasteiger partial charge on any atom is 0.237 e. The van der Waals surface area contributed by atoms with Crippen LogP contribution in [0.4, 0.5) is 0 Å². The van der Waals surface area contributed by atoms with Gasteiger partial charge in [0.15, 0.2) is 5.78 Å². The summed E-state index contributed by atoms with van der Waals surface area (Å²) < 4.78 is 0. The molecule has 0 aromatic rings. The molecule has 1 aliphatic heterocycles. The third-order valence-corrected chi connectivity index (χ3v) is 2.44. The van der Waals surface area contributed by atoms with E-state index in [1.54, 1.807) is 0 Å². The van der Waals surface area contributed by atoms with E-state index in [0.29, 0.717) is 0 Å². The van der Waals surface area contributed by atoms with Gasteiger partial charge in [-0.1, -0.05) is 0 Å². The highest BCUT2D eigenvalue weighted by Gasteiger charge is 2.22. The topological polar surface area (TPSA) is 130 Å². The summed E-state index contributed by atoms with van der Waals surface area (Å²) in [5.74, 6) is -1.59. The smallest absolute Gasteiger partial charge is 0.237 e. The fourth-order valence-corrected chi connectivity index (χ4v) is 1.48. The lowest BCUT2D eigenvalue weighted by Gasteiger charge is -2.15. The van der Waals surface area contributed by atoms with Crippen LogP contribution in [0.25, 0.3) is 0 Å². The van der Waals surface area contributed by atoms with Gasteiger partial charge in [0.05, 0.1) is 25.7 Å². The molecule has 5 N–H and O–H groups in total. The van der Waals surface area contributed by atoms with Gasteiger partial charge in [-0.05, 0) is 6.42 Å². The van der Waals surface area contributed by atoms with Crippen molar-refractivity contribution < 1.29 is 19.2 Å². The predicted octanol–water partition coefficient (Wildman–Crippen LogP) is -2.97. The van der Waals surface area contributed by atoms with Crippen molar-refractivity contribution in [1.29, 1.82) is 0 Å². The number of hydrogen-bond acceptors (Lipinski definition) is 5. The van der Waals surface area contributed by atoms with Crippen molar-refractivity contribution in [3.8, 4) is 0 Å². The molecular weight excluding hydrogens is 240 g/mol. The second kappa shape index (κ2) is 6.70. The Morgan fingerprint density at radius 1 is 1.33 bits per heavy atom. The highest BCUT2D eigenvalue weighted by Crippen LogP contribution is 1.99. The zero-order chi connectivity index (χ0) is 13.5. The normalized spacial score (nSPS) is 21.2. The first-order chi connectivity index (χ1) is 8.49. The van der Waals surface area contributed by atoms with Crippen LogP contribution < -0.4 is 21.7 Å². The minimum Gasteiger partial charge on any atom is -0.368 e. The highest BCUT2D eigenvalue weighted by molar-refractivity contribution is 5.90. The Hall–Kier alpha value is -1.96. The summed E-state index contributed by atoms with van der Waals surface area (Å²) in [5.41, 5.74) is 4.90. The first kappa shape index (κ1) is 14.1. The molecule has 100 valence electrons. The number of nitrogens with two attached hydrogens (primary N) is 1. The summed E-state index contributed by atoms with van der Waals surface area (Å²) in [6, 6.07) is -0.683. The number of carbonyl (C=O) groups is 4. The first-order valence-corrected chi connectivity index (χ1v) is 5.57. The summed E-state index contributed by atoms with van der Waals surface area (Å²) in [6.07, 6.45) is 0.388. The Morgan fingerprint density at radius 3 is 2.72 bits per heavy atom. The first-order valence-electron chi connectivity index (χ1n) is 5.57. The molecule has 1 heterocycles. The van der Waals surface area contributed by atoms with E-state index in [4.69, 9.17) is 5.73 Å². The fraction of sp³-hybridized carbons (Fsp3) is 0.600. The van der Waals surface area contributed by atoms with Gasteiger partial charge in [0.25, 0.3) is 0 Å². The van der Waals surface area contributed by atoms with E-state index in [0.717, 1.165) is 0 Å². The van der Waals surface area contributed by atoms with Gasteiger partial charge in [-0.25, -0.2) is 0 Å². The molecule has 1 rings (SSSR count). The minimum absolute atomic E-state index is 0.00502. The van der Waals surface area contributed by atoms with Crippen LogP contribution in [-0.2, 0) is 19.2 Å². The van der Waals surface area contributed by atoms with E-state index in [-0.39, 0.29) is 44.2 Å². The quantitative estimate of drug-likeness (QED) is 0.428. The lowest BCUT2D eigenvalue weighted by atomic mass is 10.1. The lowest BCUT2D eigenvalue weighted by Crippen LogP contribution is -2.47. The summed E-state index contributed by atoms with van der Waals surface area (Å²) >= 11 is 0. The number of amides is 3. The second-order valence-electron chi connectivity index (χ2n) is 3.97. The zero-order valence-electron chi connectivity index (χ0n) is 9.82. The van der Waals surface area contributed by atoms with Crippen molar-refractivity contribution in [3.05, 3.63) is 0 Å². The van der Waals surface area contributed by atoms with Gasteiger partial charge in [-0.2, -0.15) is 0 Å². The lowest BCUT2D eigenvalue weighted by molar-refractivity contribution is -0.126. The van der Waals surface area contributed by atoms with E-state index < -0.39 is 17.9 Å². The van der Waals surface area contributed by atoms with Crippen LogP contribution in [0.15, 0.2) is 0 Å². The van der Waals surface area contributed by atoms with Crippen molar-refractivity contribution in [2.75, 3.05) is 19.6 Å². The number of rotatable bonds is 3. The number of nitrogens with one attached hydrogen (secondary N) is 3. The maximum atomic E-state index is 11.7. The minimum atomic E-state index is -0.683. The van der Waals surface area contributed by atoms with Crippen LogP contribution in [0.3, 0.4) is 0 Å². The number of primary amides is 1. The third kappa shape index (κ3) is 4.91. The fourth-order valence-electron chi connectivity index (χ4n) is 1.48. The van der Waals surface area contributed by atoms with E-state index in [1.807, 2.05) is 0 Å².